The van der Waals surface area contributed by atoms with Crippen LogP contribution in [0.1, 0.15) is 0 Å². The van der Waals surface area contributed by atoms with Gasteiger partial charge in [-0.2, -0.15) is 8.42 Å². The van der Waals surface area contributed by atoms with E-state index in [-0.39, 0.29) is 21.7 Å². The van der Waals surface area contributed by atoms with Gasteiger partial charge >= 0.3 is 32.1 Å². The zero-order valence-electron chi connectivity index (χ0n) is 2.95. The number of hydrogen-bond donors (Lipinski definition) is 0. The van der Waals surface area contributed by atoms with Gasteiger partial charge in [0, 0.05) is 0 Å². The van der Waals surface area contributed by atoms with Crippen molar-refractivity contribution in [1.29, 1.82) is 0 Å². The van der Waals surface area contributed by atoms with Crippen LogP contribution < -0.4 is 0 Å². The van der Waals surface area contributed by atoms with Gasteiger partial charge in [0.2, 0.25) is 0 Å². The first kappa shape index (κ1) is 7.54. The molecule has 1 heterocycles. The maximum atomic E-state index is 9.52. The van der Waals surface area contributed by atoms with E-state index in [0.29, 0.717) is 0 Å². The van der Waals surface area contributed by atoms with E-state index in [1.165, 1.54) is 0 Å². The molecule has 7 heavy (non-hydrogen) atoms. The third-order valence-electron chi connectivity index (χ3n) is 0.222. The van der Waals surface area contributed by atoms with E-state index >= 15 is 0 Å². The van der Waals surface area contributed by atoms with Gasteiger partial charge in [-0.15, -0.1) is 0 Å². The van der Waals surface area contributed by atoms with Crippen LogP contribution in [-0.4, -0.2) is 8.42 Å². The Morgan fingerprint density at radius 1 is 1.14 bits per heavy atom. The number of hydrogen-bond acceptors (Lipinski definition) is 5. The van der Waals surface area contributed by atoms with Crippen LogP contribution in [0.5, 0.6) is 0 Å². The van der Waals surface area contributed by atoms with E-state index in [2.05, 4.69) is 13.7 Å². The van der Waals surface area contributed by atoms with Crippen molar-refractivity contribution in [1.82, 2.24) is 0 Å². The Balaban J connectivity index is 0.000000360. The molecule has 5 nitrogen and oxygen atoms in total. The number of rotatable bonds is 0. The van der Waals surface area contributed by atoms with Crippen LogP contribution >= 0.6 is 0 Å². The predicted molar refractivity (Wildman–Crippen MR) is 12.2 cm³/mol. The Bertz CT molecular complexity index is 122. The molecular weight excluding hydrogens is 160 g/mol. The van der Waals surface area contributed by atoms with Crippen molar-refractivity contribution < 1.29 is 43.8 Å². The van der Waals surface area contributed by atoms with Crippen molar-refractivity contribution in [3.63, 3.8) is 0 Å². The van der Waals surface area contributed by atoms with E-state index in [9.17, 15) is 8.42 Å². The Morgan fingerprint density at radius 3 is 1.43 bits per heavy atom. The van der Waals surface area contributed by atoms with Crippen LogP contribution in [-0.2, 0) is 45.8 Å². The molecule has 0 unspecified atom stereocenters. The van der Waals surface area contributed by atoms with Crippen LogP contribution in [0.15, 0.2) is 0 Å². The summed E-state index contributed by atoms with van der Waals surface area (Å²) < 4.78 is 25.8. The molecule has 0 amide bonds. The van der Waals surface area contributed by atoms with Crippen LogP contribution in [0.4, 0.5) is 0 Å². The molecule has 1 fully saturated rings. The third kappa shape index (κ3) is 1.85. The van der Waals surface area contributed by atoms with Crippen molar-refractivity contribution in [2.75, 3.05) is 0 Å². The van der Waals surface area contributed by atoms with Crippen LogP contribution in [0, 0.1) is 0 Å². The molecule has 0 saturated carbocycles. The molecular formula is O5STi+4. The quantitative estimate of drug-likeness (QED) is 0.340. The average molecular weight is 160 g/mol. The summed E-state index contributed by atoms with van der Waals surface area (Å²) in [5.74, 6) is 0. The summed E-state index contributed by atoms with van der Waals surface area (Å²) in [5, 5.41) is 3.35. The van der Waals surface area contributed by atoms with Crippen molar-refractivity contribution in [3.8, 4) is 0 Å². The van der Waals surface area contributed by atoms with Crippen LogP contribution in [0.25, 0.3) is 0 Å². The topological polar surface area (TPSA) is 61.8 Å². The van der Waals surface area contributed by atoms with E-state index in [0.717, 1.165) is 0 Å². The van der Waals surface area contributed by atoms with E-state index in [4.69, 9.17) is 0 Å². The van der Waals surface area contributed by atoms with Gasteiger partial charge in [0.05, 0.1) is 0 Å². The van der Waals surface area contributed by atoms with Gasteiger partial charge in [0.15, 0.2) is 0 Å². The van der Waals surface area contributed by atoms with Crippen LogP contribution in [0.3, 0.4) is 0 Å². The Hall–Kier alpha value is 0.544. The molecule has 7 heteroatoms. The molecule has 0 spiro atoms. The van der Waals surface area contributed by atoms with E-state index < -0.39 is 10.4 Å². The molecule has 1 saturated heterocycles. The minimum absolute atomic E-state index is 0. The summed E-state index contributed by atoms with van der Waals surface area (Å²) >= 11 is 0. The average Bonchev–Trinajstić information content (AvgIpc) is 1.32. The largest absolute Gasteiger partial charge is 4.00 e. The fraction of sp³-hybridized carbons (Fsp3) is 0. The van der Waals surface area contributed by atoms with E-state index in [1.54, 1.807) is 0 Å². The molecule has 0 aromatic carbocycles. The smallest absolute Gasteiger partial charge is 0.164 e. The molecule has 1 aliphatic heterocycles. The van der Waals surface area contributed by atoms with Gasteiger partial charge in [0.1, 0.15) is 0 Å². The second kappa shape index (κ2) is 2.21. The Morgan fingerprint density at radius 2 is 1.43 bits per heavy atom. The molecule has 0 radical (unpaired) electrons. The van der Waals surface area contributed by atoms with Crippen molar-refractivity contribution in [3.05, 3.63) is 0 Å². The molecule has 1 rings (SSSR count). The minimum atomic E-state index is -3.70. The second-order valence-electron chi connectivity index (χ2n) is 0.612. The summed E-state index contributed by atoms with van der Waals surface area (Å²) in [6.45, 7) is 0. The molecule has 36 valence electrons. The summed E-state index contributed by atoms with van der Waals surface area (Å²) in [7, 11) is -3.70. The molecule has 0 N–H and O–H groups in total. The normalized spacial score (nSPS) is 24.6. The van der Waals surface area contributed by atoms with Gasteiger partial charge in [-0.25, -0.2) is 0 Å². The Kier molecular flexibility index (Phi) is 2.38. The monoisotopic (exact) mass is 160 g/mol. The maximum absolute atomic E-state index is 9.52. The first-order valence-corrected chi connectivity index (χ1v) is 2.33. The second-order valence-corrected chi connectivity index (χ2v) is 1.70. The van der Waals surface area contributed by atoms with Crippen LogP contribution in [0.2, 0.25) is 0 Å². The molecule has 0 bridgehead atoms. The fourth-order valence-corrected chi connectivity index (χ4v) is 0.219. The van der Waals surface area contributed by atoms with Gasteiger partial charge in [-0.1, -0.05) is 0 Å². The SMILES string of the molecule is O=S1(=O)OOO1.[Ti+4]. The minimum Gasteiger partial charge on any atom is -0.164 e. The fourth-order valence-electron chi connectivity index (χ4n) is 0.0731. The summed E-state index contributed by atoms with van der Waals surface area (Å²) in [6.07, 6.45) is 0. The van der Waals surface area contributed by atoms with Gasteiger partial charge in [-0.05, 0) is 13.7 Å². The first-order valence-electron chi connectivity index (χ1n) is 1.00. The Labute approximate surface area is 54.6 Å². The van der Waals surface area contributed by atoms with Gasteiger partial charge in [0.25, 0.3) is 0 Å². The molecule has 0 atom stereocenters. The molecule has 0 aromatic rings. The van der Waals surface area contributed by atoms with Gasteiger partial charge in [-0.3, -0.25) is 0 Å². The zero-order chi connectivity index (χ0) is 4.62. The molecule has 1 aliphatic rings. The third-order valence-corrected chi connectivity index (χ3v) is 0.667. The van der Waals surface area contributed by atoms with Crippen molar-refractivity contribution in [2.45, 2.75) is 0 Å². The van der Waals surface area contributed by atoms with Crippen molar-refractivity contribution >= 4 is 10.4 Å². The predicted octanol–water partition coefficient (Wildman–Crippen LogP) is -0.878. The van der Waals surface area contributed by atoms with Crippen molar-refractivity contribution in [2.24, 2.45) is 0 Å². The maximum Gasteiger partial charge on any atom is 4.00 e. The summed E-state index contributed by atoms with van der Waals surface area (Å²) in [6, 6.07) is 0. The first-order chi connectivity index (χ1) is 2.71. The molecule has 0 aromatic heterocycles. The summed E-state index contributed by atoms with van der Waals surface area (Å²) in [5.41, 5.74) is 0. The standard InChI is InChI=1S/O5S.Ti/c1-6(2)4-3-5-6;/q;+4. The van der Waals surface area contributed by atoms with E-state index in [1.807, 2.05) is 0 Å². The van der Waals surface area contributed by atoms with Gasteiger partial charge < -0.3 is 0 Å². The zero-order valence-corrected chi connectivity index (χ0v) is 5.33. The summed E-state index contributed by atoms with van der Waals surface area (Å²) in [4.78, 5) is 0. The molecule has 0 aliphatic carbocycles.